The maximum Gasteiger partial charge on any atom is 0.255 e. The van der Waals surface area contributed by atoms with E-state index < -0.39 is 0 Å². The summed E-state index contributed by atoms with van der Waals surface area (Å²) in [6.07, 6.45) is 4.93. The molecule has 3 aromatic rings. The molecule has 206 valence electrons. The number of anilines is 1. The fraction of sp³-hybridized carbons (Fsp3) is 0.484. The van der Waals surface area contributed by atoms with E-state index in [1.807, 2.05) is 41.3 Å². The lowest BCUT2D eigenvalue weighted by Crippen LogP contribution is -2.40. The largest absolute Gasteiger partial charge is 0.339 e. The van der Waals surface area contributed by atoms with E-state index in [4.69, 9.17) is 4.52 Å². The van der Waals surface area contributed by atoms with Gasteiger partial charge in [-0.3, -0.25) is 14.5 Å². The van der Waals surface area contributed by atoms with Crippen LogP contribution in [0.15, 0.2) is 53.1 Å². The van der Waals surface area contributed by atoms with E-state index >= 15 is 0 Å². The molecule has 2 aliphatic rings. The van der Waals surface area contributed by atoms with E-state index in [0.29, 0.717) is 36.1 Å². The molecule has 2 fully saturated rings. The quantitative estimate of drug-likeness (QED) is 0.453. The molecule has 1 aromatic heterocycles. The number of carbonyl (C=O) groups excluding carboxylic acids is 2. The number of benzene rings is 2. The van der Waals surface area contributed by atoms with E-state index in [0.717, 1.165) is 57.3 Å². The van der Waals surface area contributed by atoms with Crippen LogP contribution in [0.3, 0.4) is 0 Å². The Bertz CT molecular complexity index is 1290. The van der Waals surface area contributed by atoms with Gasteiger partial charge in [0, 0.05) is 25.2 Å². The Morgan fingerprint density at radius 2 is 1.72 bits per heavy atom. The van der Waals surface area contributed by atoms with Crippen LogP contribution in [-0.4, -0.2) is 57.9 Å². The molecule has 0 spiro atoms. The zero-order valence-corrected chi connectivity index (χ0v) is 23.3. The van der Waals surface area contributed by atoms with Crippen molar-refractivity contribution in [3.8, 4) is 11.4 Å². The zero-order chi connectivity index (χ0) is 27.4. The van der Waals surface area contributed by atoms with Crippen LogP contribution in [0, 0.1) is 5.92 Å². The van der Waals surface area contributed by atoms with E-state index in [1.54, 1.807) is 0 Å². The molecule has 2 aromatic carbocycles. The van der Waals surface area contributed by atoms with Crippen LogP contribution in [0.5, 0.6) is 0 Å². The molecule has 0 saturated carbocycles. The van der Waals surface area contributed by atoms with E-state index in [-0.39, 0.29) is 23.1 Å². The lowest BCUT2D eigenvalue weighted by atomic mass is 9.87. The van der Waals surface area contributed by atoms with Gasteiger partial charge in [-0.1, -0.05) is 62.3 Å². The summed E-state index contributed by atoms with van der Waals surface area (Å²) in [7, 11) is 0. The molecule has 8 nitrogen and oxygen atoms in total. The minimum Gasteiger partial charge on any atom is -0.339 e. The number of amides is 2. The van der Waals surface area contributed by atoms with Gasteiger partial charge in [0.1, 0.15) is 0 Å². The van der Waals surface area contributed by atoms with Crippen LogP contribution in [0.1, 0.15) is 74.7 Å². The maximum atomic E-state index is 13.3. The fourth-order valence-electron chi connectivity index (χ4n) is 5.44. The van der Waals surface area contributed by atoms with Crippen LogP contribution in [0.4, 0.5) is 5.69 Å². The van der Waals surface area contributed by atoms with Crippen molar-refractivity contribution in [3.63, 3.8) is 0 Å². The van der Waals surface area contributed by atoms with Crippen molar-refractivity contribution in [3.05, 3.63) is 65.5 Å². The van der Waals surface area contributed by atoms with Crippen molar-refractivity contribution in [1.82, 2.24) is 19.9 Å². The molecule has 1 N–H and O–H groups in total. The highest BCUT2D eigenvalue weighted by Crippen LogP contribution is 2.26. The molecule has 0 bridgehead atoms. The van der Waals surface area contributed by atoms with Crippen molar-refractivity contribution < 1.29 is 14.1 Å². The molecule has 1 atom stereocenters. The highest BCUT2D eigenvalue weighted by atomic mass is 16.5. The van der Waals surface area contributed by atoms with Crippen molar-refractivity contribution >= 4 is 17.5 Å². The molecule has 0 radical (unpaired) electrons. The summed E-state index contributed by atoms with van der Waals surface area (Å²) in [6, 6.07) is 15.6. The summed E-state index contributed by atoms with van der Waals surface area (Å²) < 4.78 is 5.56. The third kappa shape index (κ3) is 6.56. The molecule has 0 aliphatic carbocycles. The normalized spacial score (nSPS) is 18.6. The molecule has 1 unspecified atom stereocenters. The third-order valence-electron chi connectivity index (χ3n) is 7.77. The average molecular weight is 530 g/mol. The van der Waals surface area contributed by atoms with Crippen LogP contribution >= 0.6 is 0 Å². The molecule has 2 saturated heterocycles. The van der Waals surface area contributed by atoms with Gasteiger partial charge in [0.05, 0.1) is 23.7 Å². The van der Waals surface area contributed by atoms with E-state index in [9.17, 15) is 9.59 Å². The number of carbonyl (C=O) groups is 2. The van der Waals surface area contributed by atoms with Crippen molar-refractivity contribution in [1.29, 1.82) is 0 Å². The Morgan fingerprint density at radius 1 is 0.974 bits per heavy atom. The number of nitrogens with one attached hydrogen (secondary N) is 1. The number of hydrogen-bond acceptors (Lipinski definition) is 6. The monoisotopic (exact) mass is 529 g/mol. The van der Waals surface area contributed by atoms with Gasteiger partial charge in [-0.25, -0.2) is 0 Å². The minimum atomic E-state index is -0.177. The van der Waals surface area contributed by atoms with Gasteiger partial charge in [-0.05, 0) is 61.8 Å². The predicted molar refractivity (Wildman–Crippen MR) is 151 cm³/mol. The number of hydrogen-bond donors (Lipinski definition) is 1. The summed E-state index contributed by atoms with van der Waals surface area (Å²) in [6.45, 7) is 10.1. The van der Waals surface area contributed by atoms with E-state index in [2.05, 4.69) is 53.3 Å². The lowest BCUT2D eigenvalue weighted by Gasteiger charge is -2.31. The molecule has 5 rings (SSSR count). The fourth-order valence-corrected chi connectivity index (χ4v) is 5.44. The maximum absolute atomic E-state index is 13.3. The van der Waals surface area contributed by atoms with Gasteiger partial charge in [0.15, 0.2) is 0 Å². The number of piperidine rings is 2. The van der Waals surface area contributed by atoms with Crippen molar-refractivity contribution in [2.45, 2.75) is 64.8 Å². The first kappa shape index (κ1) is 27.1. The number of rotatable bonds is 6. The predicted octanol–water partition coefficient (Wildman–Crippen LogP) is 5.51. The second-order valence-corrected chi connectivity index (χ2v) is 11.8. The molecule has 2 amide bonds. The zero-order valence-electron chi connectivity index (χ0n) is 23.3. The summed E-state index contributed by atoms with van der Waals surface area (Å²) in [5.74, 6) is 0.888. The second kappa shape index (κ2) is 11.7. The third-order valence-corrected chi connectivity index (χ3v) is 7.77. The van der Waals surface area contributed by atoms with Crippen molar-refractivity contribution in [2.24, 2.45) is 5.92 Å². The molecule has 3 heterocycles. The second-order valence-electron chi connectivity index (χ2n) is 11.8. The van der Waals surface area contributed by atoms with Crippen LogP contribution in [0.25, 0.3) is 11.4 Å². The van der Waals surface area contributed by atoms with E-state index in [1.165, 1.54) is 5.56 Å². The van der Waals surface area contributed by atoms with Gasteiger partial charge in [0.2, 0.25) is 17.6 Å². The van der Waals surface area contributed by atoms with Gasteiger partial charge < -0.3 is 14.7 Å². The summed E-state index contributed by atoms with van der Waals surface area (Å²) in [4.78, 5) is 35.1. The molecule has 8 heteroatoms. The first-order valence-corrected chi connectivity index (χ1v) is 14.1. The standard InChI is InChI=1S/C31H39N5O3/c1-31(2,3)24-15-13-22(14-16-24)28-33-27(39-34-28)21-35-17-9-10-23(20-35)29(37)32-26-12-6-5-11-25(26)30(38)36-18-7-4-8-19-36/h5-6,11-16,23H,4,7-10,17-21H2,1-3H3,(H,32,37). The van der Waals surface area contributed by atoms with Gasteiger partial charge >= 0.3 is 0 Å². The molecular formula is C31H39N5O3. The topological polar surface area (TPSA) is 91.6 Å². The first-order valence-electron chi connectivity index (χ1n) is 14.1. The SMILES string of the molecule is CC(C)(C)c1ccc(-c2noc(CN3CCCC(C(=O)Nc4ccccc4C(=O)N4CCCCC4)C3)n2)cc1. The molecular weight excluding hydrogens is 490 g/mol. The number of likely N-dealkylation sites (tertiary alicyclic amines) is 2. The highest BCUT2D eigenvalue weighted by molar-refractivity contribution is 6.04. The van der Waals surface area contributed by atoms with Gasteiger partial charge in [-0.2, -0.15) is 4.98 Å². The Labute approximate surface area is 230 Å². The lowest BCUT2D eigenvalue weighted by molar-refractivity contribution is -0.121. The van der Waals surface area contributed by atoms with Gasteiger partial charge in [-0.15, -0.1) is 0 Å². The Kier molecular flexibility index (Phi) is 8.12. The Balaban J connectivity index is 1.20. The molecule has 2 aliphatic heterocycles. The summed E-state index contributed by atoms with van der Waals surface area (Å²) >= 11 is 0. The van der Waals surface area contributed by atoms with Gasteiger partial charge in [0.25, 0.3) is 5.91 Å². The van der Waals surface area contributed by atoms with Crippen LogP contribution < -0.4 is 5.32 Å². The summed E-state index contributed by atoms with van der Waals surface area (Å²) in [5.41, 5.74) is 3.42. The smallest absolute Gasteiger partial charge is 0.255 e. The summed E-state index contributed by atoms with van der Waals surface area (Å²) in [5, 5.41) is 7.25. The van der Waals surface area contributed by atoms with Crippen LogP contribution in [-0.2, 0) is 16.8 Å². The van der Waals surface area contributed by atoms with Crippen LogP contribution in [0.2, 0.25) is 0 Å². The Morgan fingerprint density at radius 3 is 2.46 bits per heavy atom. The first-order chi connectivity index (χ1) is 18.8. The van der Waals surface area contributed by atoms with Crippen molar-refractivity contribution in [2.75, 3.05) is 31.5 Å². The number of aromatic nitrogens is 2. The Hall–Kier alpha value is -3.52. The average Bonchev–Trinajstić information content (AvgIpc) is 3.41. The molecule has 39 heavy (non-hydrogen) atoms. The number of nitrogens with zero attached hydrogens (tertiary/aromatic N) is 4. The highest BCUT2D eigenvalue weighted by Gasteiger charge is 2.28. The minimum absolute atomic E-state index is 0.00360. The number of para-hydroxylation sites is 1.